The van der Waals surface area contributed by atoms with E-state index in [-0.39, 0.29) is 0 Å². The molecule has 0 fully saturated rings. The number of hydrogen-bond donors (Lipinski definition) is 1. The number of rotatable bonds is 6. The van der Waals surface area contributed by atoms with E-state index in [1.54, 1.807) is 7.11 Å². The van der Waals surface area contributed by atoms with Crippen molar-refractivity contribution in [3.63, 3.8) is 0 Å². The summed E-state index contributed by atoms with van der Waals surface area (Å²) in [5.74, 6) is 0. The fraction of sp³-hybridized carbons (Fsp3) is 0.500. The maximum Gasteiger partial charge on any atom is 0.0640 e. The summed E-state index contributed by atoms with van der Waals surface area (Å²) in [6.07, 6.45) is 2.17. The number of unbranched alkanes of at least 4 members (excludes halogenated alkanes) is 1. The molecule has 0 saturated heterocycles. The van der Waals surface area contributed by atoms with E-state index in [0.717, 1.165) is 36.7 Å². The third-order valence-electron chi connectivity index (χ3n) is 2.22. The van der Waals surface area contributed by atoms with Gasteiger partial charge < -0.3 is 10.1 Å². The van der Waals surface area contributed by atoms with Crippen LogP contribution in [0.4, 0.5) is 5.69 Å². The molecule has 3 heteroatoms. The second kappa shape index (κ2) is 6.70. The van der Waals surface area contributed by atoms with Crippen LogP contribution in [0.1, 0.15) is 18.4 Å². The minimum atomic E-state index is 0.793. The van der Waals surface area contributed by atoms with E-state index in [2.05, 4.69) is 11.4 Å². The number of hydrogen-bond acceptors (Lipinski definition) is 2. The number of anilines is 1. The van der Waals surface area contributed by atoms with Crippen molar-refractivity contribution in [2.24, 2.45) is 0 Å². The van der Waals surface area contributed by atoms with Crippen molar-refractivity contribution in [3.05, 3.63) is 28.8 Å². The van der Waals surface area contributed by atoms with Crippen LogP contribution in [0.25, 0.3) is 0 Å². The van der Waals surface area contributed by atoms with Gasteiger partial charge >= 0.3 is 0 Å². The third kappa shape index (κ3) is 4.54. The van der Waals surface area contributed by atoms with Crippen molar-refractivity contribution in [2.45, 2.75) is 19.8 Å². The molecule has 84 valence electrons. The van der Waals surface area contributed by atoms with Crippen LogP contribution in [0, 0.1) is 6.92 Å². The third-order valence-corrected chi connectivity index (χ3v) is 2.53. The van der Waals surface area contributed by atoms with E-state index >= 15 is 0 Å². The van der Waals surface area contributed by atoms with Crippen LogP contribution in [0.2, 0.25) is 5.02 Å². The first-order valence-corrected chi connectivity index (χ1v) is 5.61. The summed E-state index contributed by atoms with van der Waals surface area (Å²) in [6, 6.07) is 6.05. The van der Waals surface area contributed by atoms with E-state index in [4.69, 9.17) is 16.3 Å². The lowest BCUT2D eigenvalue weighted by atomic mass is 10.2. The summed E-state index contributed by atoms with van der Waals surface area (Å²) in [6.45, 7) is 3.80. The van der Waals surface area contributed by atoms with E-state index < -0.39 is 0 Å². The highest BCUT2D eigenvalue weighted by Gasteiger charge is 1.98. The number of aryl methyl sites for hydroxylation is 1. The molecule has 0 spiro atoms. The monoisotopic (exact) mass is 227 g/mol. The second-order valence-electron chi connectivity index (χ2n) is 3.61. The number of ether oxygens (including phenoxy) is 1. The highest BCUT2D eigenvalue weighted by atomic mass is 35.5. The highest BCUT2D eigenvalue weighted by molar-refractivity contribution is 6.33. The smallest absolute Gasteiger partial charge is 0.0640 e. The Hall–Kier alpha value is -0.730. The normalized spacial score (nSPS) is 10.3. The molecule has 0 unspecified atom stereocenters. The maximum absolute atomic E-state index is 6.08. The lowest BCUT2D eigenvalue weighted by molar-refractivity contribution is 0.194. The zero-order valence-electron chi connectivity index (χ0n) is 9.35. The minimum Gasteiger partial charge on any atom is -0.385 e. The zero-order valence-corrected chi connectivity index (χ0v) is 10.1. The van der Waals surface area contributed by atoms with Gasteiger partial charge in [-0.1, -0.05) is 17.7 Å². The Morgan fingerprint density at radius 2 is 2.13 bits per heavy atom. The number of methoxy groups -OCH3 is 1. The van der Waals surface area contributed by atoms with E-state index in [0.29, 0.717) is 0 Å². The summed E-state index contributed by atoms with van der Waals surface area (Å²) < 4.78 is 4.98. The molecular formula is C12H18ClNO. The molecule has 0 atom stereocenters. The molecule has 0 aliphatic carbocycles. The van der Waals surface area contributed by atoms with Gasteiger partial charge in [-0.25, -0.2) is 0 Å². The summed E-state index contributed by atoms with van der Waals surface area (Å²) in [5, 5.41) is 4.10. The van der Waals surface area contributed by atoms with Crippen molar-refractivity contribution in [1.29, 1.82) is 0 Å². The lowest BCUT2D eigenvalue weighted by Crippen LogP contribution is -2.03. The molecule has 0 aliphatic heterocycles. The Labute approximate surface area is 96.6 Å². The molecule has 1 rings (SSSR count). The topological polar surface area (TPSA) is 21.3 Å². The molecular weight excluding hydrogens is 210 g/mol. The molecule has 0 heterocycles. The van der Waals surface area contributed by atoms with Crippen molar-refractivity contribution < 1.29 is 4.74 Å². The highest BCUT2D eigenvalue weighted by Crippen LogP contribution is 2.22. The Balaban J connectivity index is 2.31. The SMILES string of the molecule is COCCCCNc1ccc(C)cc1Cl. The molecule has 0 bridgehead atoms. The summed E-state index contributed by atoms with van der Waals surface area (Å²) in [5.41, 5.74) is 2.20. The fourth-order valence-corrected chi connectivity index (χ4v) is 1.66. The van der Waals surface area contributed by atoms with Crippen LogP contribution in [-0.2, 0) is 4.74 Å². The first kappa shape index (κ1) is 12.3. The maximum atomic E-state index is 6.08. The van der Waals surface area contributed by atoms with Gasteiger partial charge in [-0.3, -0.25) is 0 Å². The van der Waals surface area contributed by atoms with Crippen LogP contribution < -0.4 is 5.32 Å². The quantitative estimate of drug-likeness (QED) is 0.752. The standard InChI is InChI=1S/C12H18ClNO/c1-10-5-6-12(11(13)9-10)14-7-3-4-8-15-2/h5-6,9,14H,3-4,7-8H2,1-2H3. The first-order valence-electron chi connectivity index (χ1n) is 5.23. The molecule has 1 N–H and O–H groups in total. The Kier molecular flexibility index (Phi) is 5.51. The van der Waals surface area contributed by atoms with Crippen molar-refractivity contribution in [1.82, 2.24) is 0 Å². The molecule has 1 aromatic rings. The molecule has 0 saturated carbocycles. The van der Waals surface area contributed by atoms with E-state index in [1.165, 1.54) is 5.56 Å². The van der Waals surface area contributed by atoms with Gasteiger partial charge in [0.15, 0.2) is 0 Å². The van der Waals surface area contributed by atoms with Gasteiger partial charge in [0, 0.05) is 20.3 Å². The van der Waals surface area contributed by atoms with Gasteiger partial charge in [0.25, 0.3) is 0 Å². The van der Waals surface area contributed by atoms with Gasteiger partial charge in [0.1, 0.15) is 0 Å². The van der Waals surface area contributed by atoms with Gasteiger partial charge in [0.05, 0.1) is 10.7 Å². The van der Waals surface area contributed by atoms with Gasteiger partial charge in [0.2, 0.25) is 0 Å². The molecule has 0 aromatic heterocycles. The van der Waals surface area contributed by atoms with Crippen LogP contribution in [0.5, 0.6) is 0 Å². The first-order chi connectivity index (χ1) is 7.24. The molecule has 2 nitrogen and oxygen atoms in total. The molecule has 1 aromatic carbocycles. The van der Waals surface area contributed by atoms with Gasteiger partial charge in [-0.05, 0) is 37.5 Å². The van der Waals surface area contributed by atoms with Crippen LogP contribution in [-0.4, -0.2) is 20.3 Å². The average Bonchev–Trinajstić information content (AvgIpc) is 2.20. The summed E-state index contributed by atoms with van der Waals surface area (Å²) in [4.78, 5) is 0. The molecule has 0 amide bonds. The molecule has 0 aliphatic rings. The predicted octanol–water partition coefficient (Wildman–Crippen LogP) is 3.49. The van der Waals surface area contributed by atoms with Crippen molar-refractivity contribution in [3.8, 4) is 0 Å². The van der Waals surface area contributed by atoms with Crippen LogP contribution in [0.3, 0.4) is 0 Å². The Morgan fingerprint density at radius 3 is 2.80 bits per heavy atom. The van der Waals surface area contributed by atoms with Crippen LogP contribution >= 0.6 is 11.6 Å². The predicted molar refractivity (Wildman–Crippen MR) is 65.8 cm³/mol. The number of halogens is 1. The number of nitrogens with one attached hydrogen (secondary N) is 1. The summed E-state index contributed by atoms with van der Waals surface area (Å²) in [7, 11) is 1.73. The van der Waals surface area contributed by atoms with Gasteiger partial charge in [-0.2, -0.15) is 0 Å². The Morgan fingerprint density at radius 1 is 1.33 bits per heavy atom. The fourth-order valence-electron chi connectivity index (χ4n) is 1.36. The lowest BCUT2D eigenvalue weighted by Gasteiger charge is -2.08. The molecule has 0 radical (unpaired) electrons. The molecule has 15 heavy (non-hydrogen) atoms. The zero-order chi connectivity index (χ0) is 11.1. The average molecular weight is 228 g/mol. The Bertz CT molecular complexity index is 302. The van der Waals surface area contributed by atoms with Gasteiger partial charge in [-0.15, -0.1) is 0 Å². The second-order valence-corrected chi connectivity index (χ2v) is 4.02. The van der Waals surface area contributed by atoms with E-state index in [9.17, 15) is 0 Å². The number of benzene rings is 1. The van der Waals surface area contributed by atoms with E-state index in [1.807, 2.05) is 19.1 Å². The van der Waals surface area contributed by atoms with Crippen molar-refractivity contribution >= 4 is 17.3 Å². The van der Waals surface area contributed by atoms with Crippen molar-refractivity contribution in [2.75, 3.05) is 25.6 Å². The summed E-state index contributed by atoms with van der Waals surface area (Å²) >= 11 is 6.08. The minimum absolute atomic E-state index is 0.793. The van der Waals surface area contributed by atoms with Crippen LogP contribution in [0.15, 0.2) is 18.2 Å². The largest absolute Gasteiger partial charge is 0.385 e.